The second-order valence-corrected chi connectivity index (χ2v) is 7.67. The molecule has 1 unspecified atom stereocenters. The van der Waals surface area contributed by atoms with E-state index in [-0.39, 0.29) is 29.7 Å². The summed E-state index contributed by atoms with van der Waals surface area (Å²) >= 11 is 5.85. The highest BCUT2D eigenvalue weighted by atomic mass is 35.5. The highest BCUT2D eigenvalue weighted by molar-refractivity contribution is 6.30. The van der Waals surface area contributed by atoms with Gasteiger partial charge >= 0.3 is 0 Å². The Hall–Kier alpha value is -3.11. The number of benzene rings is 3. The van der Waals surface area contributed by atoms with Gasteiger partial charge in [-0.05, 0) is 41.8 Å². The highest BCUT2D eigenvalue weighted by Gasteiger charge is 2.60. The third-order valence-corrected chi connectivity index (χ3v) is 5.66. The van der Waals surface area contributed by atoms with E-state index in [1.54, 1.807) is 24.3 Å². The maximum Gasteiger partial charge on any atom is 0.243 e. The fraction of sp³-hybridized carbons (Fsp3) is 0.167. The molecule has 0 aliphatic heterocycles. The summed E-state index contributed by atoms with van der Waals surface area (Å²) in [6.07, 6.45) is 0.728. The first-order valence-corrected chi connectivity index (χ1v) is 9.91. The minimum atomic E-state index is -0.334. The van der Waals surface area contributed by atoms with Gasteiger partial charge in [-0.2, -0.15) is 0 Å². The topological polar surface area (TPSA) is 58.2 Å². The molecule has 0 aromatic heterocycles. The van der Waals surface area contributed by atoms with Crippen LogP contribution in [0.15, 0.2) is 84.9 Å². The van der Waals surface area contributed by atoms with Gasteiger partial charge in [0.05, 0.1) is 12.5 Å². The van der Waals surface area contributed by atoms with Crippen molar-refractivity contribution in [3.63, 3.8) is 0 Å². The zero-order chi connectivity index (χ0) is 20.3. The standard InChI is InChI=1S/C24H21ClN2O2/c25-19-11-13-20(14-12-19)27-22(28)16-26-23(29)21-15-24(21,17-7-3-1-4-8-17)18-9-5-2-6-10-18/h1-14,21H,15-16H2,(H,26,29)(H,27,28). The summed E-state index contributed by atoms with van der Waals surface area (Å²) in [6, 6.07) is 27.0. The van der Waals surface area contributed by atoms with Crippen molar-refractivity contribution in [2.45, 2.75) is 11.8 Å². The van der Waals surface area contributed by atoms with E-state index in [1.165, 1.54) is 0 Å². The molecule has 0 bridgehead atoms. The van der Waals surface area contributed by atoms with Crippen LogP contribution in [0.2, 0.25) is 5.02 Å². The number of halogens is 1. The average Bonchev–Trinajstić information content (AvgIpc) is 3.52. The zero-order valence-corrected chi connectivity index (χ0v) is 16.5. The number of rotatable bonds is 6. The van der Waals surface area contributed by atoms with Crippen LogP contribution in [0.3, 0.4) is 0 Å². The van der Waals surface area contributed by atoms with E-state index in [1.807, 2.05) is 36.4 Å². The molecular weight excluding hydrogens is 384 g/mol. The molecule has 5 heteroatoms. The second kappa shape index (κ2) is 8.10. The lowest BCUT2D eigenvalue weighted by Crippen LogP contribution is -2.35. The van der Waals surface area contributed by atoms with Gasteiger partial charge in [-0.25, -0.2) is 0 Å². The molecule has 4 nitrogen and oxygen atoms in total. The number of hydrogen-bond donors (Lipinski definition) is 2. The summed E-state index contributed by atoms with van der Waals surface area (Å²) in [5, 5.41) is 6.15. The minimum absolute atomic E-state index is 0.0718. The van der Waals surface area contributed by atoms with Crippen LogP contribution in [0.1, 0.15) is 17.5 Å². The lowest BCUT2D eigenvalue weighted by Gasteiger charge is -2.19. The molecule has 1 aliphatic carbocycles. The number of amides is 2. The lowest BCUT2D eigenvalue weighted by atomic mass is 9.85. The largest absolute Gasteiger partial charge is 0.347 e. The summed E-state index contributed by atoms with van der Waals surface area (Å²) in [7, 11) is 0. The monoisotopic (exact) mass is 404 g/mol. The molecule has 1 fully saturated rings. The van der Waals surface area contributed by atoms with Crippen molar-refractivity contribution in [1.29, 1.82) is 0 Å². The van der Waals surface area contributed by atoms with Crippen molar-refractivity contribution < 1.29 is 9.59 Å². The van der Waals surface area contributed by atoms with Gasteiger partial charge in [-0.3, -0.25) is 9.59 Å². The third kappa shape index (κ3) is 4.03. The van der Waals surface area contributed by atoms with E-state index in [2.05, 4.69) is 34.9 Å². The maximum absolute atomic E-state index is 12.9. The fourth-order valence-corrected chi connectivity index (χ4v) is 4.01. The van der Waals surface area contributed by atoms with E-state index in [9.17, 15) is 9.59 Å². The summed E-state index contributed by atoms with van der Waals surface area (Å²) in [4.78, 5) is 25.0. The van der Waals surface area contributed by atoms with Crippen LogP contribution in [0.5, 0.6) is 0 Å². The first-order chi connectivity index (χ1) is 14.1. The Morgan fingerprint density at radius 1 is 0.862 bits per heavy atom. The Balaban J connectivity index is 1.43. The van der Waals surface area contributed by atoms with Gasteiger partial charge in [0.2, 0.25) is 11.8 Å². The van der Waals surface area contributed by atoms with Gasteiger partial charge in [0.25, 0.3) is 0 Å². The smallest absolute Gasteiger partial charge is 0.243 e. The molecule has 4 rings (SSSR count). The highest BCUT2D eigenvalue weighted by Crippen LogP contribution is 2.58. The molecule has 0 saturated heterocycles. The molecule has 0 heterocycles. The van der Waals surface area contributed by atoms with E-state index in [0.717, 1.165) is 17.5 Å². The molecule has 3 aromatic rings. The Morgan fingerprint density at radius 2 is 1.41 bits per heavy atom. The fourth-order valence-electron chi connectivity index (χ4n) is 3.88. The molecule has 0 spiro atoms. The van der Waals surface area contributed by atoms with Crippen LogP contribution in [0.25, 0.3) is 0 Å². The van der Waals surface area contributed by atoms with E-state index in [4.69, 9.17) is 11.6 Å². The molecule has 2 N–H and O–H groups in total. The van der Waals surface area contributed by atoms with Gasteiger partial charge in [0.1, 0.15) is 0 Å². The third-order valence-electron chi connectivity index (χ3n) is 5.41. The number of hydrogen-bond acceptors (Lipinski definition) is 2. The lowest BCUT2D eigenvalue weighted by molar-refractivity contribution is -0.125. The molecule has 1 atom stereocenters. The molecule has 1 saturated carbocycles. The second-order valence-electron chi connectivity index (χ2n) is 7.23. The van der Waals surface area contributed by atoms with Crippen LogP contribution in [-0.4, -0.2) is 18.4 Å². The maximum atomic E-state index is 12.9. The molecule has 1 aliphatic rings. The number of carbonyl (C=O) groups is 2. The predicted molar refractivity (Wildman–Crippen MR) is 115 cm³/mol. The molecule has 3 aromatic carbocycles. The van der Waals surface area contributed by atoms with Crippen molar-refractivity contribution >= 4 is 29.1 Å². The van der Waals surface area contributed by atoms with Gasteiger partial charge < -0.3 is 10.6 Å². The minimum Gasteiger partial charge on any atom is -0.347 e. The summed E-state index contributed by atoms with van der Waals surface area (Å²) in [5.74, 6) is -0.578. The van der Waals surface area contributed by atoms with E-state index >= 15 is 0 Å². The quantitative estimate of drug-likeness (QED) is 0.639. The summed E-state index contributed by atoms with van der Waals surface area (Å²) < 4.78 is 0. The van der Waals surface area contributed by atoms with Gasteiger partial charge in [-0.15, -0.1) is 0 Å². The van der Waals surface area contributed by atoms with Gasteiger partial charge in [0.15, 0.2) is 0 Å². The first-order valence-electron chi connectivity index (χ1n) is 9.54. The summed E-state index contributed by atoms with van der Waals surface area (Å²) in [6.45, 7) is -0.0718. The molecule has 0 radical (unpaired) electrons. The predicted octanol–water partition coefficient (Wildman–Crippen LogP) is 4.40. The van der Waals surface area contributed by atoms with Crippen LogP contribution < -0.4 is 10.6 Å². The zero-order valence-electron chi connectivity index (χ0n) is 15.8. The van der Waals surface area contributed by atoms with Crippen LogP contribution in [-0.2, 0) is 15.0 Å². The Kier molecular flexibility index (Phi) is 5.36. The molecule has 146 valence electrons. The van der Waals surface area contributed by atoms with Crippen molar-refractivity contribution in [1.82, 2.24) is 5.32 Å². The van der Waals surface area contributed by atoms with E-state index < -0.39 is 0 Å². The van der Waals surface area contributed by atoms with Crippen LogP contribution in [0.4, 0.5) is 5.69 Å². The van der Waals surface area contributed by atoms with Crippen molar-refractivity contribution in [3.8, 4) is 0 Å². The SMILES string of the molecule is O=C(CNC(=O)C1CC1(c1ccccc1)c1ccccc1)Nc1ccc(Cl)cc1. The Bertz CT molecular complexity index is 965. The van der Waals surface area contributed by atoms with Crippen molar-refractivity contribution in [2.24, 2.45) is 5.92 Å². The van der Waals surface area contributed by atoms with Crippen molar-refractivity contribution in [3.05, 3.63) is 101 Å². The number of nitrogens with one attached hydrogen (secondary N) is 2. The Morgan fingerprint density at radius 3 is 1.97 bits per heavy atom. The van der Waals surface area contributed by atoms with Gasteiger partial charge in [-0.1, -0.05) is 72.3 Å². The Labute approximate surface area is 174 Å². The molecular formula is C24H21ClN2O2. The van der Waals surface area contributed by atoms with Crippen LogP contribution >= 0.6 is 11.6 Å². The molecule has 2 amide bonds. The average molecular weight is 405 g/mol. The normalized spacial score (nSPS) is 16.7. The first kappa shape index (κ1) is 19.2. The van der Waals surface area contributed by atoms with E-state index in [0.29, 0.717) is 10.7 Å². The van der Waals surface area contributed by atoms with Crippen LogP contribution in [0, 0.1) is 5.92 Å². The summed E-state index contributed by atoms with van der Waals surface area (Å²) in [5.41, 5.74) is 2.55. The molecule has 29 heavy (non-hydrogen) atoms. The number of carbonyl (C=O) groups excluding carboxylic acids is 2. The number of anilines is 1. The van der Waals surface area contributed by atoms with Crippen molar-refractivity contribution in [2.75, 3.05) is 11.9 Å². The van der Waals surface area contributed by atoms with Gasteiger partial charge in [0, 0.05) is 16.1 Å².